The first-order valence-electron chi connectivity index (χ1n) is 10.3. The van der Waals surface area contributed by atoms with E-state index in [0.717, 1.165) is 16.8 Å². The summed E-state index contributed by atoms with van der Waals surface area (Å²) in [6.45, 7) is 2.58. The van der Waals surface area contributed by atoms with Gasteiger partial charge in [0.25, 0.3) is 0 Å². The van der Waals surface area contributed by atoms with Gasteiger partial charge in [-0.25, -0.2) is 0 Å². The third kappa shape index (κ3) is 4.88. The highest BCUT2D eigenvalue weighted by molar-refractivity contribution is 5.78. The fourth-order valence-corrected chi connectivity index (χ4v) is 3.99. The van der Waals surface area contributed by atoms with E-state index >= 15 is 0 Å². The highest BCUT2D eigenvalue weighted by atomic mass is 16.6. The molecule has 0 aliphatic carbocycles. The SMILES string of the molecule is O=C(CC(c1ccccc1)c1ccccc1)N1CCN(c2ccc([N+](=O)[O-])nc2)CC1. The van der Waals surface area contributed by atoms with Gasteiger partial charge in [0.05, 0.1) is 5.69 Å². The molecule has 0 unspecified atom stereocenters. The van der Waals surface area contributed by atoms with Gasteiger partial charge in [0.1, 0.15) is 0 Å². The van der Waals surface area contributed by atoms with Gasteiger partial charge in [-0.05, 0) is 27.1 Å². The number of rotatable bonds is 6. The molecule has 158 valence electrons. The Morgan fingerprint density at radius 1 is 0.903 bits per heavy atom. The van der Waals surface area contributed by atoms with Gasteiger partial charge in [-0.1, -0.05) is 60.7 Å². The number of piperazine rings is 1. The van der Waals surface area contributed by atoms with E-state index in [1.54, 1.807) is 6.07 Å². The predicted octanol–water partition coefficient (Wildman–Crippen LogP) is 3.86. The number of nitrogens with zero attached hydrogens (tertiary/aromatic N) is 4. The molecule has 1 amide bonds. The van der Waals surface area contributed by atoms with E-state index in [2.05, 4.69) is 34.1 Å². The highest BCUT2D eigenvalue weighted by Gasteiger charge is 2.26. The van der Waals surface area contributed by atoms with Crippen LogP contribution in [-0.2, 0) is 4.79 Å². The molecule has 0 bridgehead atoms. The summed E-state index contributed by atoms with van der Waals surface area (Å²) in [5, 5.41) is 10.8. The van der Waals surface area contributed by atoms with Crippen molar-refractivity contribution in [2.45, 2.75) is 12.3 Å². The minimum atomic E-state index is -0.504. The van der Waals surface area contributed by atoms with Crippen LogP contribution in [0.1, 0.15) is 23.5 Å². The summed E-state index contributed by atoms with van der Waals surface area (Å²) in [7, 11) is 0. The van der Waals surface area contributed by atoms with Crippen molar-refractivity contribution in [3.63, 3.8) is 0 Å². The average molecular weight is 416 g/mol. The Morgan fingerprint density at radius 3 is 1.97 bits per heavy atom. The Bertz CT molecular complexity index is 978. The lowest BCUT2D eigenvalue weighted by atomic mass is 9.88. The molecule has 31 heavy (non-hydrogen) atoms. The molecule has 0 atom stereocenters. The van der Waals surface area contributed by atoms with Crippen LogP contribution in [0.25, 0.3) is 0 Å². The fourth-order valence-electron chi connectivity index (χ4n) is 3.99. The number of carbonyl (C=O) groups excluding carboxylic acids is 1. The van der Waals surface area contributed by atoms with Crippen molar-refractivity contribution < 1.29 is 9.72 Å². The molecule has 1 aliphatic heterocycles. The van der Waals surface area contributed by atoms with E-state index in [0.29, 0.717) is 32.6 Å². The van der Waals surface area contributed by atoms with Crippen LogP contribution < -0.4 is 4.90 Å². The number of anilines is 1. The predicted molar refractivity (Wildman–Crippen MR) is 119 cm³/mol. The first-order chi connectivity index (χ1) is 15.1. The van der Waals surface area contributed by atoms with Gasteiger partial charge in [0.2, 0.25) is 5.91 Å². The summed E-state index contributed by atoms with van der Waals surface area (Å²) in [5.74, 6) is -0.00332. The van der Waals surface area contributed by atoms with Crippen LogP contribution in [0.15, 0.2) is 79.0 Å². The number of pyridine rings is 1. The molecule has 0 radical (unpaired) electrons. The maximum atomic E-state index is 13.1. The Labute approximate surface area is 181 Å². The largest absolute Gasteiger partial charge is 0.365 e. The summed E-state index contributed by atoms with van der Waals surface area (Å²) in [4.78, 5) is 31.3. The normalized spacial score (nSPS) is 14.0. The smallest absolute Gasteiger partial charge is 0.363 e. The number of amides is 1. The third-order valence-electron chi connectivity index (χ3n) is 5.70. The van der Waals surface area contributed by atoms with Crippen LogP contribution in [0.4, 0.5) is 11.5 Å². The van der Waals surface area contributed by atoms with E-state index < -0.39 is 4.92 Å². The lowest BCUT2D eigenvalue weighted by molar-refractivity contribution is -0.389. The Kier molecular flexibility index (Phi) is 6.21. The van der Waals surface area contributed by atoms with E-state index in [1.807, 2.05) is 41.3 Å². The quantitative estimate of drug-likeness (QED) is 0.450. The second kappa shape index (κ2) is 9.38. The van der Waals surface area contributed by atoms with Gasteiger partial charge in [0.15, 0.2) is 6.20 Å². The van der Waals surface area contributed by atoms with Crippen LogP contribution in [0.3, 0.4) is 0 Å². The highest BCUT2D eigenvalue weighted by Crippen LogP contribution is 2.29. The fraction of sp³-hybridized carbons (Fsp3) is 0.250. The Hall–Kier alpha value is -3.74. The summed E-state index contributed by atoms with van der Waals surface area (Å²) in [6.07, 6.45) is 1.95. The van der Waals surface area contributed by atoms with Crippen molar-refractivity contribution in [2.24, 2.45) is 0 Å². The number of nitro groups is 1. The second-order valence-corrected chi connectivity index (χ2v) is 7.58. The van der Waals surface area contributed by atoms with Gasteiger partial charge < -0.3 is 19.9 Å². The third-order valence-corrected chi connectivity index (χ3v) is 5.70. The molecule has 1 fully saturated rings. The van der Waals surface area contributed by atoms with Gasteiger partial charge in [-0.3, -0.25) is 4.79 Å². The molecule has 3 aromatic rings. The molecule has 0 spiro atoms. The Morgan fingerprint density at radius 2 is 1.48 bits per heavy atom. The lowest BCUT2D eigenvalue weighted by Crippen LogP contribution is -2.49. The molecular formula is C24H24N4O3. The molecular weight excluding hydrogens is 392 g/mol. The monoisotopic (exact) mass is 416 g/mol. The molecule has 4 rings (SSSR count). The molecule has 7 nitrogen and oxygen atoms in total. The number of carbonyl (C=O) groups is 1. The summed E-state index contributed by atoms with van der Waals surface area (Å²) < 4.78 is 0. The van der Waals surface area contributed by atoms with Crippen LogP contribution in [0.5, 0.6) is 0 Å². The zero-order valence-corrected chi connectivity index (χ0v) is 17.1. The van der Waals surface area contributed by atoms with Crippen molar-refractivity contribution in [3.8, 4) is 0 Å². The number of hydrogen-bond acceptors (Lipinski definition) is 5. The van der Waals surface area contributed by atoms with E-state index in [9.17, 15) is 14.9 Å². The summed E-state index contributed by atoms with van der Waals surface area (Å²) in [5.41, 5.74) is 3.11. The van der Waals surface area contributed by atoms with Gasteiger partial charge in [-0.15, -0.1) is 0 Å². The van der Waals surface area contributed by atoms with Gasteiger partial charge >= 0.3 is 5.82 Å². The minimum absolute atomic E-state index is 0.0202. The molecule has 0 N–H and O–H groups in total. The lowest BCUT2D eigenvalue weighted by Gasteiger charge is -2.36. The first kappa shape index (κ1) is 20.5. The van der Waals surface area contributed by atoms with Gasteiger partial charge in [0, 0.05) is 44.6 Å². The van der Waals surface area contributed by atoms with Crippen molar-refractivity contribution in [2.75, 3.05) is 31.1 Å². The maximum Gasteiger partial charge on any atom is 0.363 e. The number of benzene rings is 2. The Balaban J connectivity index is 1.41. The summed E-state index contributed by atoms with van der Waals surface area (Å²) >= 11 is 0. The van der Waals surface area contributed by atoms with Crippen LogP contribution in [0, 0.1) is 10.1 Å². The number of aromatic nitrogens is 1. The standard InChI is InChI=1S/C24H24N4O3/c29-24(17-22(19-7-3-1-4-8-19)20-9-5-2-6-10-20)27-15-13-26(14-16-27)21-11-12-23(25-18-21)28(30)31/h1-12,18,22H,13-17H2. The zero-order chi connectivity index (χ0) is 21.6. The van der Waals surface area contributed by atoms with E-state index in [4.69, 9.17) is 0 Å². The zero-order valence-electron chi connectivity index (χ0n) is 17.1. The molecule has 2 heterocycles. The van der Waals surface area contributed by atoms with Crippen LogP contribution in [0.2, 0.25) is 0 Å². The first-order valence-corrected chi connectivity index (χ1v) is 10.3. The molecule has 0 saturated carbocycles. The average Bonchev–Trinajstić information content (AvgIpc) is 2.83. The van der Waals surface area contributed by atoms with Crippen LogP contribution >= 0.6 is 0 Å². The molecule has 2 aromatic carbocycles. The summed E-state index contributed by atoms with van der Waals surface area (Å²) in [6, 6.07) is 23.4. The van der Waals surface area contributed by atoms with Crippen molar-refractivity contribution in [1.82, 2.24) is 9.88 Å². The van der Waals surface area contributed by atoms with Crippen molar-refractivity contribution in [3.05, 3.63) is 100 Å². The second-order valence-electron chi connectivity index (χ2n) is 7.58. The molecule has 1 aliphatic rings. The van der Waals surface area contributed by atoms with Crippen molar-refractivity contribution in [1.29, 1.82) is 0 Å². The topological polar surface area (TPSA) is 79.6 Å². The molecule has 1 aromatic heterocycles. The van der Waals surface area contributed by atoms with Crippen LogP contribution in [-0.4, -0.2) is 46.9 Å². The molecule has 7 heteroatoms. The molecule has 1 saturated heterocycles. The van der Waals surface area contributed by atoms with Crippen molar-refractivity contribution >= 4 is 17.4 Å². The number of hydrogen-bond donors (Lipinski definition) is 0. The van der Waals surface area contributed by atoms with Gasteiger partial charge in [-0.2, -0.15) is 0 Å². The van der Waals surface area contributed by atoms with E-state index in [1.165, 1.54) is 12.3 Å². The van der Waals surface area contributed by atoms with E-state index in [-0.39, 0.29) is 17.6 Å². The minimum Gasteiger partial charge on any atom is -0.365 e. The maximum absolute atomic E-state index is 13.1.